The maximum atomic E-state index is 12.6. The molecule has 0 unspecified atom stereocenters. The lowest BCUT2D eigenvalue weighted by atomic mass is 10.2. The van der Waals surface area contributed by atoms with E-state index in [-0.39, 0.29) is 18.0 Å². The van der Waals surface area contributed by atoms with Crippen molar-refractivity contribution >= 4 is 23.4 Å². The van der Waals surface area contributed by atoms with Crippen molar-refractivity contribution in [2.45, 2.75) is 30.8 Å². The second-order valence-corrected chi connectivity index (χ2v) is 7.42. The van der Waals surface area contributed by atoms with E-state index in [2.05, 4.69) is 20.5 Å². The number of carbonyl (C=O) groups is 1. The summed E-state index contributed by atoms with van der Waals surface area (Å²) in [5, 5.41) is 11.8. The SMILES string of the molecule is CCn1c(S[C@H](C)C(=O)Nc2ccc3c(c2)OCO3)nnc1-c1cccnc1. The number of rotatable bonds is 6. The van der Waals surface area contributed by atoms with E-state index < -0.39 is 0 Å². The van der Waals surface area contributed by atoms with Crippen molar-refractivity contribution in [3.05, 3.63) is 42.7 Å². The summed E-state index contributed by atoms with van der Waals surface area (Å²) in [6.45, 7) is 4.75. The van der Waals surface area contributed by atoms with Gasteiger partial charge in [-0.1, -0.05) is 11.8 Å². The normalized spacial score (nSPS) is 13.4. The van der Waals surface area contributed by atoms with Gasteiger partial charge in [-0.05, 0) is 38.1 Å². The first-order chi connectivity index (χ1) is 13.7. The molecule has 1 aliphatic heterocycles. The Kier molecular flexibility index (Phi) is 5.16. The smallest absolute Gasteiger partial charge is 0.237 e. The summed E-state index contributed by atoms with van der Waals surface area (Å²) in [5.41, 5.74) is 1.55. The Morgan fingerprint density at radius 3 is 2.93 bits per heavy atom. The van der Waals surface area contributed by atoms with Gasteiger partial charge in [0.25, 0.3) is 0 Å². The van der Waals surface area contributed by atoms with Crippen LogP contribution < -0.4 is 14.8 Å². The van der Waals surface area contributed by atoms with E-state index >= 15 is 0 Å². The van der Waals surface area contributed by atoms with Crippen LogP contribution in [0.4, 0.5) is 5.69 Å². The largest absolute Gasteiger partial charge is 0.454 e. The van der Waals surface area contributed by atoms with Gasteiger partial charge in [0.1, 0.15) is 0 Å². The second-order valence-electron chi connectivity index (χ2n) is 6.11. The summed E-state index contributed by atoms with van der Waals surface area (Å²) in [4.78, 5) is 16.8. The van der Waals surface area contributed by atoms with Gasteiger partial charge in [-0.3, -0.25) is 9.78 Å². The summed E-state index contributed by atoms with van der Waals surface area (Å²) in [7, 11) is 0. The van der Waals surface area contributed by atoms with Crippen LogP contribution in [0.3, 0.4) is 0 Å². The van der Waals surface area contributed by atoms with Gasteiger partial charge in [0.2, 0.25) is 12.7 Å². The molecule has 144 valence electrons. The number of hydrogen-bond donors (Lipinski definition) is 1. The Labute approximate surface area is 166 Å². The molecule has 2 aromatic heterocycles. The average Bonchev–Trinajstić information content (AvgIpc) is 3.34. The van der Waals surface area contributed by atoms with Crippen molar-refractivity contribution < 1.29 is 14.3 Å². The lowest BCUT2D eigenvalue weighted by molar-refractivity contribution is -0.115. The molecule has 0 radical (unpaired) electrons. The zero-order valence-corrected chi connectivity index (χ0v) is 16.3. The minimum Gasteiger partial charge on any atom is -0.454 e. The van der Waals surface area contributed by atoms with Crippen LogP contribution in [0.15, 0.2) is 47.9 Å². The van der Waals surface area contributed by atoms with Gasteiger partial charge in [0, 0.05) is 36.3 Å². The van der Waals surface area contributed by atoms with Crippen LogP contribution in [0.5, 0.6) is 11.5 Å². The van der Waals surface area contributed by atoms with Gasteiger partial charge in [0.15, 0.2) is 22.5 Å². The third kappa shape index (κ3) is 3.65. The highest BCUT2D eigenvalue weighted by molar-refractivity contribution is 8.00. The molecule has 3 heterocycles. The fourth-order valence-corrected chi connectivity index (χ4v) is 3.71. The van der Waals surface area contributed by atoms with Crippen molar-refractivity contribution in [3.63, 3.8) is 0 Å². The molecular weight excluding hydrogens is 378 g/mol. The van der Waals surface area contributed by atoms with Gasteiger partial charge in [-0.25, -0.2) is 0 Å². The summed E-state index contributed by atoms with van der Waals surface area (Å²) < 4.78 is 12.6. The number of aromatic nitrogens is 4. The van der Waals surface area contributed by atoms with Crippen molar-refractivity contribution in [1.82, 2.24) is 19.7 Å². The van der Waals surface area contributed by atoms with Crippen LogP contribution in [-0.4, -0.2) is 37.7 Å². The van der Waals surface area contributed by atoms with Crippen molar-refractivity contribution in [1.29, 1.82) is 0 Å². The minimum absolute atomic E-state index is 0.127. The highest BCUT2D eigenvalue weighted by Crippen LogP contribution is 2.34. The number of benzene rings is 1. The quantitative estimate of drug-likeness (QED) is 0.639. The van der Waals surface area contributed by atoms with E-state index in [1.165, 1.54) is 11.8 Å². The van der Waals surface area contributed by atoms with Gasteiger partial charge >= 0.3 is 0 Å². The number of anilines is 1. The van der Waals surface area contributed by atoms with Crippen LogP contribution in [0, 0.1) is 0 Å². The fraction of sp³-hybridized carbons (Fsp3) is 0.263. The van der Waals surface area contributed by atoms with Gasteiger partial charge in [-0.15, -0.1) is 10.2 Å². The molecule has 0 bridgehead atoms. The predicted octanol–water partition coefficient (Wildman–Crippen LogP) is 3.21. The van der Waals surface area contributed by atoms with E-state index in [0.717, 1.165) is 11.4 Å². The zero-order valence-electron chi connectivity index (χ0n) is 15.5. The molecule has 0 saturated carbocycles. The van der Waals surface area contributed by atoms with Crippen LogP contribution in [0.1, 0.15) is 13.8 Å². The monoisotopic (exact) mass is 397 g/mol. The molecule has 3 aromatic rings. The van der Waals surface area contributed by atoms with E-state index in [4.69, 9.17) is 9.47 Å². The zero-order chi connectivity index (χ0) is 19.5. The number of thioether (sulfide) groups is 1. The molecule has 1 atom stereocenters. The summed E-state index contributed by atoms with van der Waals surface area (Å²) >= 11 is 1.36. The first kappa shape index (κ1) is 18.3. The number of fused-ring (bicyclic) bond motifs is 1. The Hall–Kier alpha value is -3.07. The molecule has 0 aliphatic carbocycles. The maximum absolute atomic E-state index is 12.6. The number of carbonyl (C=O) groups excluding carboxylic acids is 1. The third-order valence-corrected chi connectivity index (χ3v) is 5.32. The molecule has 8 nitrogen and oxygen atoms in total. The third-order valence-electron chi connectivity index (χ3n) is 4.24. The molecule has 1 aliphatic rings. The van der Waals surface area contributed by atoms with E-state index in [9.17, 15) is 4.79 Å². The first-order valence-electron chi connectivity index (χ1n) is 8.86. The number of hydrogen-bond acceptors (Lipinski definition) is 7. The summed E-state index contributed by atoms with van der Waals surface area (Å²) in [6, 6.07) is 9.12. The molecule has 0 spiro atoms. The van der Waals surface area contributed by atoms with Gasteiger partial charge in [-0.2, -0.15) is 0 Å². The van der Waals surface area contributed by atoms with E-state index in [0.29, 0.717) is 28.9 Å². The van der Waals surface area contributed by atoms with E-state index in [1.807, 2.05) is 30.5 Å². The second kappa shape index (κ2) is 7.89. The molecule has 0 fully saturated rings. The Balaban J connectivity index is 1.46. The lowest BCUT2D eigenvalue weighted by Crippen LogP contribution is -2.22. The number of nitrogens with one attached hydrogen (secondary N) is 1. The number of nitrogens with zero attached hydrogens (tertiary/aromatic N) is 4. The molecular formula is C19H19N5O3S. The predicted molar refractivity (Wildman–Crippen MR) is 105 cm³/mol. The maximum Gasteiger partial charge on any atom is 0.237 e. The molecule has 4 rings (SSSR count). The fourth-order valence-electron chi connectivity index (χ4n) is 2.80. The Morgan fingerprint density at radius 1 is 1.29 bits per heavy atom. The van der Waals surface area contributed by atoms with Gasteiger partial charge < -0.3 is 19.4 Å². The molecule has 28 heavy (non-hydrogen) atoms. The van der Waals surface area contributed by atoms with Gasteiger partial charge in [0.05, 0.1) is 5.25 Å². The molecule has 0 saturated heterocycles. The van der Waals surface area contributed by atoms with Crippen molar-refractivity contribution in [3.8, 4) is 22.9 Å². The number of pyridine rings is 1. The Morgan fingerprint density at radius 2 is 2.14 bits per heavy atom. The molecule has 1 aromatic carbocycles. The standard InChI is InChI=1S/C19H19N5O3S/c1-3-24-17(13-5-4-8-20-10-13)22-23-19(24)28-12(2)18(25)21-14-6-7-15-16(9-14)27-11-26-15/h4-10,12H,3,11H2,1-2H3,(H,21,25)/t12-/m1/s1. The first-order valence-corrected chi connectivity index (χ1v) is 9.74. The highest BCUT2D eigenvalue weighted by atomic mass is 32.2. The number of amides is 1. The highest BCUT2D eigenvalue weighted by Gasteiger charge is 2.21. The average molecular weight is 397 g/mol. The van der Waals surface area contributed by atoms with Crippen LogP contribution >= 0.6 is 11.8 Å². The van der Waals surface area contributed by atoms with Crippen molar-refractivity contribution in [2.24, 2.45) is 0 Å². The Bertz CT molecular complexity index is 992. The minimum atomic E-state index is -0.360. The van der Waals surface area contributed by atoms with Crippen molar-refractivity contribution in [2.75, 3.05) is 12.1 Å². The summed E-state index contributed by atoms with van der Waals surface area (Å²) in [5.74, 6) is 1.92. The lowest BCUT2D eigenvalue weighted by Gasteiger charge is -2.13. The van der Waals surface area contributed by atoms with Crippen LogP contribution in [-0.2, 0) is 11.3 Å². The van der Waals surface area contributed by atoms with E-state index in [1.54, 1.807) is 30.6 Å². The topological polar surface area (TPSA) is 91.2 Å². The number of ether oxygens (including phenoxy) is 2. The van der Waals surface area contributed by atoms with Crippen LogP contribution in [0.25, 0.3) is 11.4 Å². The van der Waals surface area contributed by atoms with Crippen LogP contribution in [0.2, 0.25) is 0 Å². The summed E-state index contributed by atoms with van der Waals surface area (Å²) in [6.07, 6.45) is 3.47. The molecule has 1 N–H and O–H groups in total. The molecule has 9 heteroatoms. The molecule has 1 amide bonds.